The summed E-state index contributed by atoms with van der Waals surface area (Å²) in [6, 6.07) is 7.42. The van der Waals surface area contributed by atoms with Gasteiger partial charge >= 0.3 is 0 Å². The third-order valence-electron chi connectivity index (χ3n) is 1.76. The van der Waals surface area contributed by atoms with Crippen molar-refractivity contribution < 1.29 is 4.74 Å². The van der Waals surface area contributed by atoms with E-state index in [4.69, 9.17) is 10.5 Å². The van der Waals surface area contributed by atoms with Gasteiger partial charge < -0.3 is 10.5 Å². The Morgan fingerprint density at radius 3 is 2.50 bits per heavy atom. The first-order valence-corrected chi connectivity index (χ1v) is 5.95. The number of nitrogens with two attached hydrogens (primary N) is 1. The number of benzene rings is 1. The van der Waals surface area contributed by atoms with Crippen LogP contribution in [-0.2, 0) is 0 Å². The molecule has 0 aliphatic carbocycles. The van der Waals surface area contributed by atoms with E-state index in [9.17, 15) is 0 Å². The molecule has 1 aromatic heterocycles. The first kappa shape index (κ1) is 11.3. The van der Waals surface area contributed by atoms with E-state index in [1.54, 1.807) is 6.20 Å². The molecule has 0 amide bonds. The highest BCUT2D eigenvalue weighted by atomic mass is 79.9. The van der Waals surface area contributed by atoms with Crippen LogP contribution >= 0.6 is 31.9 Å². The van der Waals surface area contributed by atoms with Crippen molar-refractivity contribution in [3.63, 3.8) is 0 Å². The fourth-order valence-corrected chi connectivity index (χ4v) is 1.59. The zero-order valence-corrected chi connectivity index (χ0v) is 11.2. The number of anilines is 1. The van der Waals surface area contributed by atoms with E-state index < -0.39 is 0 Å². The monoisotopic (exact) mass is 343 g/mol. The molecule has 0 fully saturated rings. The van der Waals surface area contributed by atoms with E-state index in [1.165, 1.54) is 0 Å². The molecule has 2 aromatic rings. The molecule has 0 unspecified atom stereocenters. The maximum absolute atomic E-state index is 5.55. The third kappa shape index (κ3) is 2.70. The molecule has 6 heteroatoms. The summed E-state index contributed by atoms with van der Waals surface area (Å²) < 4.78 is 7.19. The van der Waals surface area contributed by atoms with Crippen LogP contribution in [0.1, 0.15) is 0 Å². The van der Waals surface area contributed by atoms with Gasteiger partial charge in [0.05, 0.1) is 10.7 Å². The fraction of sp³-hybridized carbons (Fsp3) is 0. The fourth-order valence-electron chi connectivity index (χ4n) is 1.05. The molecule has 1 heterocycles. The molecule has 2 N–H and O–H groups in total. The zero-order valence-electron chi connectivity index (χ0n) is 8.02. The molecular weight excluding hydrogens is 338 g/mol. The van der Waals surface area contributed by atoms with E-state index in [2.05, 4.69) is 41.8 Å². The van der Waals surface area contributed by atoms with Gasteiger partial charge in [-0.2, -0.15) is 4.98 Å². The Hall–Kier alpha value is -1.14. The van der Waals surface area contributed by atoms with Crippen LogP contribution in [0.2, 0.25) is 0 Å². The summed E-state index contributed by atoms with van der Waals surface area (Å²) in [5.74, 6) is 1.26. The van der Waals surface area contributed by atoms with Crippen molar-refractivity contribution in [2.24, 2.45) is 0 Å². The van der Waals surface area contributed by atoms with Crippen molar-refractivity contribution >= 4 is 37.8 Å². The molecule has 0 spiro atoms. The van der Waals surface area contributed by atoms with E-state index in [1.807, 2.05) is 24.3 Å². The number of nitrogen functional groups attached to an aromatic ring is 1. The number of hydrogen-bond acceptors (Lipinski definition) is 4. The van der Waals surface area contributed by atoms with Crippen molar-refractivity contribution in [1.29, 1.82) is 0 Å². The average Bonchev–Trinajstić information content (AvgIpc) is 2.27. The topological polar surface area (TPSA) is 61.0 Å². The Labute approximate surface area is 109 Å². The van der Waals surface area contributed by atoms with Crippen LogP contribution < -0.4 is 10.5 Å². The summed E-state index contributed by atoms with van der Waals surface area (Å²) in [4.78, 5) is 7.80. The van der Waals surface area contributed by atoms with Gasteiger partial charge in [0.2, 0.25) is 11.8 Å². The highest BCUT2D eigenvalue weighted by molar-refractivity contribution is 9.10. The Morgan fingerprint density at radius 1 is 1.12 bits per heavy atom. The zero-order chi connectivity index (χ0) is 11.5. The van der Waals surface area contributed by atoms with Crippen LogP contribution in [-0.4, -0.2) is 9.97 Å². The van der Waals surface area contributed by atoms with Gasteiger partial charge in [-0.15, -0.1) is 0 Å². The molecule has 0 saturated heterocycles. The lowest BCUT2D eigenvalue weighted by Gasteiger charge is -2.06. The second-order valence-corrected chi connectivity index (χ2v) is 4.71. The van der Waals surface area contributed by atoms with Crippen LogP contribution in [0.5, 0.6) is 11.6 Å². The third-order valence-corrected chi connectivity index (χ3v) is 2.83. The number of aromatic nitrogens is 2. The molecule has 0 bridgehead atoms. The molecule has 0 atom stereocenters. The number of halogens is 2. The predicted molar refractivity (Wildman–Crippen MR) is 68.4 cm³/mol. The smallest absolute Gasteiger partial charge is 0.238 e. The van der Waals surface area contributed by atoms with Crippen LogP contribution in [0.25, 0.3) is 0 Å². The van der Waals surface area contributed by atoms with Gasteiger partial charge in [0.15, 0.2) is 0 Å². The van der Waals surface area contributed by atoms with Gasteiger partial charge in [0.25, 0.3) is 0 Å². The molecular formula is C10H7Br2N3O. The van der Waals surface area contributed by atoms with Crippen molar-refractivity contribution in [1.82, 2.24) is 9.97 Å². The average molecular weight is 345 g/mol. The molecule has 0 aliphatic heterocycles. The lowest BCUT2D eigenvalue weighted by Crippen LogP contribution is -1.97. The summed E-state index contributed by atoms with van der Waals surface area (Å²) in [6.07, 6.45) is 1.55. The first-order chi connectivity index (χ1) is 7.65. The van der Waals surface area contributed by atoms with Crippen molar-refractivity contribution in [2.45, 2.75) is 0 Å². The van der Waals surface area contributed by atoms with Gasteiger partial charge in [-0.3, -0.25) is 0 Å². The lowest BCUT2D eigenvalue weighted by molar-refractivity contribution is 0.459. The van der Waals surface area contributed by atoms with E-state index in [0.29, 0.717) is 16.1 Å². The van der Waals surface area contributed by atoms with E-state index >= 15 is 0 Å². The standard InChI is InChI=1S/C10H7Br2N3O/c11-6-1-3-7(4-2-6)16-9-8(12)5-14-10(13)15-9/h1-5H,(H2,13,14,15). The van der Waals surface area contributed by atoms with Crippen molar-refractivity contribution in [3.8, 4) is 11.6 Å². The minimum atomic E-state index is 0.176. The molecule has 4 nitrogen and oxygen atoms in total. The molecule has 1 aromatic carbocycles. The Balaban J connectivity index is 2.26. The Bertz CT molecular complexity index is 502. The van der Waals surface area contributed by atoms with Crippen LogP contribution in [0.4, 0.5) is 5.95 Å². The maximum Gasteiger partial charge on any atom is 0.238 e. The Morgan fingerprint density at radius 2 is 1.81 bits per heavy atom. The van der Waals surface area contributed by atoms with Gasteiger partial charge in [0.1, 0.15) is 5.75 Å². The maximum atomic E-state index is 5.55. The highest BCUT2D eigenvalue weighted by Crippen LogP contribution is 2.27. The summed E-state index contributed by atoms with van der Waals surface area (Å²) in [5, 5.41) is 0. The predicted octanol–water partition coefficient (Wildman–Crippen LogP) is 3.38. The van der Waals surface area contributed by atoms with Crippen LogP contribution in [0.3, 0.4) is 0 Å². The van der Waals surface area contributed by atoms with E-state index in [0.717, 1.165) is 4.47 Å². The largest absolute Gasteiger partial charge is 0.438 e. The van der Waals surface area contributed by atoms with Crippen molar-refractivity contribution in [3.05, 3.63) is 39.4 Å². The van der Waals surface area contributed by atoms with Gasteiger partial charge in [-0.1, -0.05) is 15.9 Å². The first-order valence-electron chi connectivity index (χ1n) is 4.36. The van der Waals surface area contributed by atoms with Gasteiger partial charge in [-0.25, -0.2) is 4.98 Å². The molecule has 82 valence electrons. The highest BCUT2D eigenvalue weighted by Gasteiger charge is 2.05. The second-order valence-electron chi connectivity index (χ2n) is 2.94. The lowest BCUT2D eigenvalue weighted by atomic mass is 10.3. The van der Waals surface area contributed by atoms with E-state index in [-0.39, 0.29) is 5.95 Å². The summed E-state index contributed by atoms with van der Waals surface area (Å²) >= 11 is 6.63. The minimum absolute atomic E-state index is 0.176. The van der Waals surface area contributed by atoms with Crippen molar-refractivity contribution in [2.75, 3.05) is 5.73 Å². The SMILES string of the molecule is Nc1ncc(Br)c(Oc2ccc(Br)cc2)n1. The number of hydrogen-bond donors (Lipinski definition) is 1. The number of rotatable bonds is 2. The van der Waals surface area contributed by atoms with Crippen LogP contribution in [0.15, 0.2) is 39.4 Å². The second kappa shape index (κ2) is 4.80. The van der Waals surface area contributed by atoms with Gasteiger partial charge in [-0.05, 0) is 40.2 Å². The quantitative estimate of drug-likeness (QED) is 0.907. The molecule has 2 rings (SSSR count). The summed E-state index contributed by atoms with van der Waals surface area (Å²) in [7, 11) is 0. The number of ether oxygens (including phenoxy) is 1. The molecule has 0 radical (unpaired) electrons. The van der Waals surface area contributed by atoms with Crippen LogP contribution in [0, 0.1) is 0 Å². The van der Waals surface area contributed by atoms with Gasteiger partial charge in [0, 0.05) is 4.47 Å². The number of nitrogens with zero attached hydrogens (tertiary/aromatic N) is 2. The summed E-state index contributed by atoms with van der Waals surface area (Å²) in [5.41, 5.74) is 5.47. The summed E-state index contributed by atoms with van der Waals surface area (Å²) in [6.45, 7) is 0. The molecule has 16 heavy (non-hydrogen) atoms. The minimum Gasteiger partial charge on any atom is -0.438 e. The molecule has 0 aliphatic rings. The normalized spacial score (nSPS) is 10.1. The Kier molecular flexibility index (Phi) is 3.40. The molecule has 0 saturated carbocycles.